The van der Waals surface area contributed by atoms with Gasteiger partial charge < -0.3 is 4.90 Å². The van der Waals surface area contributed by atoms with Gasteiger partial charge in [0, 0.05) is 16.9 Å². The van der Waals surface area contributed by atoms with Crippen molar-refractivity contribution in [3.05, 3.63) is 261 Å². The highest BCUT2D eigenvalue weighted by Gasteiger charge is 2.24. The van der Waals surface area contributed by atoms with E-state index in [1.54, 1.807) is 0 Å². The van der Waals surface area contributed by atoms with Gasteiger partial charge in [-0.15, -0.1) is 0 Å². The molecule has 0 aliphatic heterocycles. The van der Waals surface area contributed by atoms with Crippen molar-refractivity contribution in [3.63, 3.8) is 0 Å². The zero-order valence-corrected chi connectivity index (χ0v) is 35.8. The Morgan fingerprint density at radius 1 is 0.231 bits per heavy atom. The maximum atomic E-state index is 2.46. The lowest BCUT2D eigenvalue weighted by Gasteiger charge is -2.29. The van der Waals surface area contributed by atoms with E-state index < -0.39 is 0 Å². The van der Waals surface area contributed by atoms with Crippen LogP contribution in [0.25, 0.3) is 98.7 Å². The maximum Gasteiger partial charge on any atom is 0.0540 e. The molecule has 0 atom stereocenters. The number of para-hydroxylation sites is 1. The Hall–Kier alpha value is -8.52. The van der Waals surface area contributed by atoms with E-state index in [2.05, 4.69) is 266 Å². The molecule has 0 saturated heterocycles. The first-order chi connectivity index (χ1) is 32.3. The van der Waals surface area contributed by atoms with E-state index in [0.717, 1.165) is 17.1 Å². The van der Waals surface area contributed by atoms with Crippen LogP contribution in [0.4, 0.5) is 17.1 Å². The number of hydrogen-bond donors (Lipinski definition) is 0. The molecule has 0 spiro atoms. The minimum atomic E-state index is 1.09. The summed E-state index contributed by atoms with van der Waals surface area (Å²) < 4.78 is 0. The van der Waals surface area contributed by atoms with Gasteiger partial charge in [0.15, 0.2) is 0 Å². The monoisotopic (exact) mass is 825 g/mol. The number of rotatable bonds is 8. The SMILES string of the molecule is c1ccc(-c2ccc(N(c3ccc4c(c3)c3ccccc3c3c(-c5ccccc5)cc(-c5ccccc5)c(-c5ccccc5)c43)c3ccccc3-c3cccc4ccccc34)cc2)cc1. The lowest BCUT2D eigenvalue weighted by Crippen LogP contribution is -2.11. The van der Waals surface area contributed by atoms with Crippen molar-refractivity contribution in [3.8, 4) is 55.6 Å². The lowest BCUT2D eigenvalue weighted by molar-refractivity contribution is 1.29. The first-order valence-corrected chi connectivity index (χ1v) is 22.4. The molecule has 0 aliphatic carbocycles. The predicted molar refractivity (Wildman–Crippen MR) is 278 cm³/mol. The van der Waals surface area contributed by atoms with E-state index in [4.69, 9.17) is 0 Å². The van der Waals surface area contributed by atoms with Gasteiger partial charge in [-0.3, -0.25) is 0 Å². The van der Waals surface area contributed by atoms with E-state index in [9.17, 15) is 0 Å². The van der Waals surface area contributed by atoms with Crippen molar-refractivity contribution in [2.24, 2.45) is 0 Å². The highest BCUT2D eigenvalue weighted by Crippen LogP contribution is 2.51. The first-order valence-electron chi connectivity index (χ1n) is 22.4. The average molecular weight is 826 g/mol. The minimum absolute atomic E-state index is 1.09. The molecule has 1 heteroatoms. The third-order valence-electron chi connectivity index (χ3n) is 13.0. The van der Waals surface area contributed by atoms with Crippen LogP contribution in [0.2, 0.25) is 0 Å². The van der Waals surface area contributed by atoms with E-state index in [1.807, 2.05) is 0 Å². The molecule has 0 saturated carbocycles. The van der Waals surface area contributed by atoms with E-state index in [0.29, 0.717) is 0 Å². The lowest BCUT2D eigenvalue weighted by atomic mass is 9.81. The van der Waals surface area contributed by atoms with Gasteiger partial charge >= 0.3 is 0 Å². The molecule has 65 heavy (non-hydrogen) atoms. The van der Waals surface area contributed by atoms with Gasteiger partial charge in [-0.2, -0.15) is 0 Å². The van der Waals surface area contributed by atoms with Crippen LogP contribution >= 0.6 is 0 Å². The van der Waals surface area contributed by atoms with Crippen LogP contribution in [0.5, 0.6) is 0 Å². The van der Waals surface area contributed by atoms with Crippen molar-refractivity contribution in [1.82, 2.24) is 0 Å². The second-order valence-electron chi connectivity index (χ2n) is 16.8. The Morgan fingerprint density at radius 2 is 0.723 bits per heavy atom. The molecule has 0 heterocycles. The zero-order chi connectivity index (χ0) is 43.1. The van der Waals surface area contributed by atoms with Crippen molar-refractivity contribution in [2.45, 2.75) is 0 Å². The summed E-state index contributed by atoms with van der Waals surface area (Å²) in [7, 11) is 0. The van der Waals surface area contributed by atoms with Gasteiger partial charge in [-0.05, 0) is 130 Å². The summed E-state index contributed by atoms with van der Waals surface area (Å²) >= 11 is 0. The molecule has 0 radical (unpaired) electrons. The van der Waals surface area contributed by atoms with Gasteiger partial charge in [0.05, 0.1) is 5.69 Å². The van der Waals surface area contributed by atoms with Gasteiger partial charge in [0.1, 0.15) is 0 Å². The second-order valence-corrected chi connectivity index (χ2v) is 16.8. The van der Waals surface area contributed by atoms with Crippen LogP contribution in [-0.2, 0) is 0 Å². The van der Waals surface area contributed by atoms with Crippen LogP contribution in [0, 0.1) is 0 Å². The van der Waals surface area contributed by atoms with Crippen molar-refractivity contribution >= 4 is 60.2 Å². The summed E-state index contributed by atoms with van der Waals surface area (Å²) in [5.74, 6) is 0. The fourth-order valence-electron chi connectivity index (χ4n) is 10.1. The minimum Gasteiger partial charge on any atom is -0.310 e. The molecule has 0 bridgehead atoms. The molecule has 0 aliphatic rings. The summed E-state index contributed by atoms with van der Waals surface area (Å²) in [6, 6.07) is 95.4. The number of nitrogens with zero attached hydrogens (tertiary/aromatic N) is 1. The summed E-state index contributed by atoms with van der Waals surface area (Å²) in [4.78, 5) is 2.46. The highest BCUT2D eigenvalue weighted by atomic mass is 15.1. The molecule has 0 unspecified atom stereocenters. The number of anilines is 3. The topological polar surface area (TPSA) is 3.24 Å². The van der Waals surface area contributed by atoms with Gasteiger partial charge in [-0.1, -0.05) is 224 Å². The van der Waals surface area contributed by atoms with Gasteiger partial charge in [0.2, 0.25) is 0 Å². The van der Waals surface area contributed by atoms with Crippen molar-refractivity contribution in [1.29, 1.82) is 0 Å². The molecule has 304 valence electrons. The second kappa shape index (κ2) is 16.3. The number of fused-ring (bicyclic) bond motifs is 7. The third-order valence-corrected chi connectivity index (χ3v) is 13.0. The highest BCUT2D eigenvalue weighted by molar-refractivity contribution is 6.33. The normalized spacial score (nSPS) is 11.4. The largest absolute Gasteiger partial charge is 0.310 e. The Labute approximate surface area is 379 Å². The predicted octanol–water partition coefficient (Wildman–Crippen LogP) is 18.1. The molecule has 12 aromatic rings. The summed E-state index contributed by atoms with van der Waals surface area (Å²) in [6.45, 7) is 0. The summed E-state index contributed by atoms with van der Waals surface area (Å²) in [5.41, 5.74) is 15.3. The number of hydrogen-bond acceptors (Lipinski definition) is 1. The van der Waals surface area contributed by atoms with Gasteiger partial charge in [-0.25, -0.2) is 0 Å². The van der Waals surface area contributed by atoms with Crippen LogP contribution in [0.15, 0.2) is 261 Å². The molecule has 0 amide bonds. The summed E-state index contributed by atoms with van der Waals surface area (Å²) in [5, 5.41) is 9.86. The van der Waals surface area contributed by atoms with Crippen LogP contribution in [-0.4, -0.2) is 0 Å². The Bertz CT molecular complexity index is 3670. The zero-order valence-electron chi connectivity index (χ0n) is 35.8. The fraction of sp³-hybridized carbons (Fsp3) is 0. The van der Waals surface area contributed by atoms with Crippen molar-refractivity contribution < 1.29 is 0 Å². The molecule has 12 rings (SSSR count). The van der Waals surface area contributed by atoms with E-state index in [-0.39, 0.29) is 0 Å². The molecule has 12 aromatic carbocycles. The standard InChI is InChI=1S/C64H43N/c1-5-20-44(21-6-1)45-36-38-50(39-37-45)65(61-35-18-17-32-55(61)53-34-19-29-46-26-13-14-30-52(46)53)51-40-41-57-60(42-51)54-31-15-16-33-56(54)63-59(48-24-9-3-10-25-48)43-58(47-22-7-2-8-23-47)62(64(57)63)49-27-11-4-12-28-49/h1-43H. The molecular weight excluding hydrogens is 783 g/mol. The Balaban J connectivity index is 1.18. The first kappa shape index (κ1) is 38.2. The quantitative estimate of drug-likeness (QED) is 0.138. The third kappa shape index (κ3) is 6.74. The van der Waals surface area contributed by atoms with Crippen LogP contribution in [0.3, 0.4) is 0 Å². The van der Waals surface area contributed by atoms with Crippen molar-refractivity contribution in [2.75, 3.05) is 4.90 Å². The van der Waals surface area contributed by atoms with E-state index in [1.165, 1.54) is 98.7 Å². The van der Waals surface area contributed by atoms with Gasteiger partial charge in [0.25, 0.3) is 0 Å². The number of benzene rings is 12. The Kier molecular flexibility index (Phi) is 9.58. The summed E-state index contributed by atoms with van der Waals surface area (Å²) in [6.07, 6.45) is 0. The fourth-order valence-corrected chi connectivity index (χ4v) is 10.1. The van der Waals surface area contributed by atoms with Crippen LogP contribution < -0.4 is 4.90 Å². The van der Waals surface area contributed by atoms with E-state index >= 15 is 0 Å². The molecule has 0 fully saturated rings. The maximum absolute atomic E-state index is 2.46. The molecular formula is C64H43N. The van der Waals surface area contributed by atoms with Crippen LogP contribution in [0.1, 0.15) is 0 Å². The average Bonchev–Trinajstić information content (AvgIpc) is 3.39. The smallest absolute Gasteiger partial charge is 0.0540 e. The molecule has 0 N–H and O–H groups in total. The molecule has 1 nitrogen and oxygen atoms in total. The molecule has 0 aromatic heterocycles. The Morgan fingerprint density at radius 3 is 1.43 bits per heavy atom.